The largest absolute Gasteiger partial charge is 0.497 e. The highest BCUT2D eigenvalue weighted by Gasteiger charge is 2.32. The van der Waals surface area contributed by atoms with Crippen LogP contribution in [0.25, 0.3) is 10.9 Å². The van der Waals surface area contributed by atoms with Gasteiger partial charge in [-0.05, 0) is 35.9 Å². The molecular formula is C30H24N2O8. The molecule has 0 bridgehead atoms. The Bertz CT molecular complexity index is 1690. The smallest absolute Gasteiger partial charge is 0.251 e. The molecule has 1 amide bonds. The summed E-state index contributed by atoms with van der Waals surface area (Å²) in [6, 6.07) is 17.9. The van der Waals surface area contributed by atoms with Crippen molar-refractivity contribution in [2.24, 2.45) is 0 Å². The molecule has 10 heteroatoms. The van der Waals surface area contributed by atoms with Crippen molar-refractivity contribution in [3.8, 4) is 17.2 Å². The van der Waals surface area contributed by atoms with Gasteiger partial charge in [0.2, 0.25) is 19.0 Å². The molecule has 2 aliphatic heterocycles. The van der Waals surface area contributed by atoms with Crippen molar-refractivity contribution in [2.45, 2.75) is 12.6 Å². The number of ether oxygens (including phenoxy) is 5. The van der Waals surface area contributed by atoms with Crippen LogP contribution in [-0.4, -0.2) is 37.0 Å². The average molecular weight is 541 g/mol. The third kappa shape index (κ3) is 4.60. The molecule has 0 aliphatic carbocycles. The van der Waals surface area contributed by atoms with Gasteiger partial charge in [0.1, 0.15) is 12.0 Å². The fraction of sp³-hybridized carbons (Fsp3) is 0.167. The third-order valence-electron chi connectivity index (χ3n) is 6.72. The van der Waals surface area contributed by atoms with E-state index in [2.05, 4.69) is 5.32 Å². The van der Waals surface area contributed by atoms with Gasteiger partial charge in [0.05, 0.1) is 23.6 Å². The van der Waals surface area contributed by atoms with Crippen LogP contribution in [0.15, 0.2) is 89.7 Å². The summed E-state index contributed by atoms with van der Waals surface area (Å²) in [6.07, 6.45) is 2.74. The molecule has 40 heavy (non-hydrogen) atoms. The van der Waals surface area contributed by atoms with Crippen LogP contribution in [0.5, 0.6) is 17.2 Å². The topological polar surface area (TPSA) is 114 Å². The summed E-state index contributed by atoms with van der Waals surface area (Å²) in [5.74, 6) is 0.635. The van der Waals surface area contributed by atoms with Crippen LogP contribution in [0.4, 0.5) is 0 Å². The molecule has 0 spiro atoms. The van der Waals surface area contributed by atoms with E-state index in [4.69, 9.17) is 23.7 Å². The highest BCUT2D eigenvalue weighted by atomic mass is 16.7. The van der Waals surface area contributed by atoms with E-state index in [0.717, 1.165) is 5.56 Å². The molecule has 3 heterocycles. The number of benzene rings is 3. The number of ketones is 1. The average Bonchev–Trinajstić information content (AvgIpc) is 3.69. The van der Waals surface area contributed by atoms with Gasteiger partial charge in [0.15, 0.2) is 29.1 Å². The predicted octanol–water partition coefficient (Wildman–Crippen LogP) is 3.67. The maximum Gasteiger partial charge on any atom is 0.251 e. The SMILES string of the molecule is COc1ccc(C(=O)c2cn(C(C(=O)NCc3ccccc3)C3=COCO3)c3cc4c(cc3c2=O)OCO4)cc1. The van der Waals surface area contributed by atoms with Gasteiger partial charge in [-0.3, -0.25) is 14.4 Å². The van der Waals surface area contributed by atoms with Crippen molar-refractivity contribution in [3.63, 3.8) is 0 Å². The fourth-order valence-electron chi connectivity index (χ4n) is 4.68. The quantitative estimate of drug-likeness (QED) is 0.337. The van der Waals surface area contributed by atoms with E-state index in [-0.39, 0.29) is 42.4 Å². The molecule has 1 unspecified atom stereocenters. The summed E-state index contributed by atoms with van der Waals surface area (Å²) in [6.45, 7) is 0.174. The number of carbonyl (C=O) groups excluding carboxylic acids is 2. The zero-order chi connectivity index (χ0) is 27.6. The van der Waals surface area contributed by atoms with Crippen molar-refractivity contribution in [1.29, 1.82) is 0 Å². The molecule has 2 aliphatic rings. The highest BCUT2D eigenvalue weighted by molar-refractivity contribution is 6.10. The van der Waals surface area contributed by atoms with Crippen LogP contribution >= 0.6 is 0 Å². The van der Waals surface area contributed by atoms with Gasteiger partial charge in [-0.25, -0.2) is 0 Å². The summed E-state index contributed by atoms with van der Waals surface area (Å²) in [5.41, 5.74) is 0.907. The standard InChI is InChI=1S/C30H24N2O8/c1-36-20-9-7-19(8-10-20)28(33)22-14-32(23-12-25-24(39-17-40-25)11-21(23)29(22)34)27(26-15-37-16-38-26)30(35)31-13-18-5-3-2-4-6-18/h2-12,14-15,27H,13,16-17H2,1H3,(H,31,35). The second-order valence-electron chi connectivity index (χ2n) is 9.11. The van der Waals surface area contributed by atoms with E-state index in [1.807, 2.05) is 30.3 Å². The lowest BCUT2D eigenvalue weighted by Gasteiger charge is -2.23. The number of nitrogens with one attached hydrogen (secondary N) is 1. The summed E-state index contributed by atoms with van der Waals surface area (Å²) >= 11 is 0. The fourth-order valence-corrected chi connectivity index (χ4v) is 4.68. The molecular weight excluding hydrogens is 516 g/mol. The van der Waals surface area contributed by atoms with Crippen molar-refractivity contribution < 1.29 is 33.3 Å². The Morgan fingerprint density at radius 2 is 1.73 bits per heavy atom. The summed E-state index contributed by atoms with van der Waals surface area (Å²) in [7, 11) is 1.52. The number of aromatic nitrogens is 1. The number of hydrogen-bond donors (Lipinski definition) is 1. The van der Waals surface area contributed by atoms with Crippen molar-refractivity contribution in [1.82, 2.24) is 9.88 Å². The van der Waals surface area contributed by atoms with E-state index in [9.17, 15) is 14.4 Å². The molecule has 6 rings (SSSR count). The molecule has 0 saturated heterocycles. The van der Waals surface area contributed by atoms with E-state index in [1.54, 1.807) is 30.3 Å². The van der Waals surface area contributed by atoms with Gasteiger partial charge in [-0.2, -0.15) is 0 Å². The number of hydrogen-bond acceptors (Lipinski definition) is 8. The summed E-state index contributed by atoms with van der Waals surface area (Å²) < 4.78 is 28.7. The zero-order valence-corrected chi connectivity index (χ0v) is 21.4. The first-order chi connectivity index (χ1) is 19.5. The van der Waals surface area contributed by atoms with Crippen molar-refractivity contribution in [2.75, 3.05) is 20.7 Å². The van der Waals surface area contributed by atoms with Gasteiger partial charge < -0.3 is 33.6 Å². The van der Waals surface area contributed by atoms with E-state index < -0.39 is 23.2 Å². The van der Waals surface area contributed by atoms with Crippen LogP contribution < -0.4 is 25.0 Å². The molecule has 0 saturated carbocycles. The lowest BCUT2D eigenvalue weighted by atomic mass is 10.0. The minimum absolute atomic E-state index is 0.0133. The maximum atomic E-state index is 13.7. The number of amides is 1. The monoisotopic (exact) mass is 540 g/mol. The van der Waals surface area contributed by atoms with Gasteiger partial charge in [0, 0.05) is 24.4 Å². The Morgan fingerprint density at radius 3 is 2.42 bits per heavy atom. The number of pyridine rings is 1. The molecule has 0 fully saturated rings. The first kappa shape index (κ1) is 25.1. The van der Waals surface area contributed by atoms with Crippen LogP contribution in [-0.2, 0) is 20.8 Å². The molecule has 0 radical (unpaired) electrons. The van der Waals surface area contributed by atoms with Crippen LogP contribution in [0, 0.1) is 0 Å². The van der Waals surface area contributed by atoms with Gasteiger partial charge >= 0.3 is 0 Å². The van der Waals surface area contributed by atoms with Crippen molar-refractivity contribution >= 4 is 22.6 Å². The van der Waals surface area contributed by atoms with Crippen molar-refractivity contribution in [3.05, 3.63) is 112 Å². The molecule has 1 atom stereocenters. The highest BCUT2D eigenvalue weighted by Crippen LogP contribution is 2.37. The first-order valence-electron chi connectivity index (χ1n) is 12.5. The summed E-state index contributed by atoms with van der Waals surface area (Å²) in [4.78, 5) is 41.1. The molecule has 4 aromatic rings. The van der Waals surface area contributed by atoms with Gasteiger partial charge in [0.25, 0.3) is 5.91 Å². The summed E-state index contributed by atoms with van der Waals surface area (Å²) in [5, 5.41) is 3.11. The third-order valence-corrected chi connectivity index (χ3v) is 6.72. The number of rotatable bonds is 8. The molecule has 3 aromatic carbocycles. The number of carbonyl (C=O) groups is 2. The van der Waals surface area contributed by atoms with Gasteiger partial charge in [-0.15, -0.1) is 0 Å². The lowest BCUT2D eigenvalue weighted by Crippen LogP contribution is -2.35. The number of methoxy groups -OCH3 is 1. The number of fused-ring (bicyclic) bond motifs is 2. The second kappa shape index (κ2) is 10.5. The minimum Gasteiger partial charge on any atom is -0.497 e. The maximum absolute atomic E-state index is 13.7. The molecule has 1 N–H and O–H groups in total. The van der Waals surface area contributed by atoms with Crippen LogP contribution in [0.2, 0.25) is 0 Å². The van der Waals surface area contributed by atoms with Gasteiger partial charge in [-0.1, -0.05) is 30.3 Å². The Morgan fingerprint density at radius 1 is 0.975 bits per heavy atom. The molecule has 10 nitrogen and oxygen atoms in total. The second-order valence-corrected chi connectivity index (χ2v) is 9.11. The Hall–Kier alpha value is -5.25. The molecule has 1 aromatic heterocycles. The zero-order valence-electron chi connectivity index (χ0n) is 21.4. The van der Waals surface area contributed by atoms with E-state index >= 15 is 0 Å². The molecule has 202 valence electrons. The van der Waals surface area contributed by atoms with E-state index in [1.165, 1.54) is 30.2 Å². The Kier molecular flexibility index (Phi) is 6.57. The lowest BCUT2D eigenvalue weighted by molar-refractivity contribution is -0.124. The van der Waals surface area contributed by atoms with E-state index in [0.29, 0.717) is 22.8 Å². The Balaban J connectivity index is 1.50. The van der Waals surface area contributed by atoms with Crippen LogP contribution in [0.1, 0.15) is 27.5 Å². The minimum atomic E-state index is -1.10. The number of nitrogens with zero attached hydrogens (tertiary/aromatic N) is 1. The Labute approximate surface area is 228 Å². The normalized spacial score (nSPS) is 14.2. The predicted molar refractivity (Wildman–Crippen MR) is 143 cm³/mol. The first-order valence-corrected chi connectivity index (χ1v) is 12.5. The van der Waals surface area contributed by atoms with Crippen LogP contribution in [0.3, 0.4) is 0 Å².